The second-order valence-electron chi connectivity index (χ2n) is 5.93. The molecule has 1 saturated heterocycles. The van der Waals surface area contributed by atoms with Gasteiger partial charge in [0.05, 0.1) is 17.2 Å². The van der Waals surface area contributed by atoms with Crippen LogP contribution in [-0.2, 0) is 6.61 Å². The van der Waals surface area contributed by atoms with Crippen molar-refractivity contribution < 1.29 is 5.11 Å². The van der Waals surface area contributed by atoms with Crippen LogP contribution in [0.1, 0.15) is 61.9 Å². The minimum atomic E-state index is 0.162. The standard InChI is InChI=1S/C15H24N2OS/c1-2-11-4-3-8-17(9-7-11)15-16-14(12-5-6-12)13(10-18)19-15/h11-12,18H,2-10H2,1H3. The van der Waals surface area contributed by atoms with E-state index >= 15 is 0 Å². The van der Waals surface area contributed by atoms with E-state index in [0.29, 0.717) is 5.92 Å². The van der Waals surface area contributed by atoms with Crippen molar-refractivity contribution >= 4 is 16.5 Å². The van der Waals surface area contributed by atoms with Gasteiger partial charge in [0.15, 0.2) is 5.13 Å². The van der Waals surface area contributed by atoms with Crippen molar-refractivity contribution in [3.63, 3.8) is 0 Å². The zero-order valence-corrected chi connectivity index (χ0v) is 12.6. The molecule has 3 rings (SSSR count). The van der Waals surface area contributed by atoms with Crippen LogP contribution in [0, 0.1) is 5.92 Å². The third-order valence-corrected chi connectivity index (χ3v) is 5.64. The summed E-state index contributed by atoms with van der Waals surface area (Å²) in [6.07, 6.45) is 7.76. The minimum absolute atomic E-state index is 0.162. The molecule has 4 heteroatoms. The third-order valence-electron chi connectivity index (χ3n) is 4.52. The molecule has 0 spiro atoms. The van der Waals surface area contributed by atoms with Crippen LogP contribution in [0.2, 0.25) is 0 Å². The van der Waals surface area contributed by atoms with E-state index in [4.69, 9.17) is 4.98 Å². The molecule has 1 unspecified atom stereocenters. The molecule has 0 amide bonds. The highest BCUT2D eigenvalue weighted by molar-refractivity contribution is 7.15. The first-order valence-corrected chi connectivity index (χ1v) is 8.48. The summed E-state index contributed by atoms with van der Waals surface area (Å²) in [4.78, 5) is 8.40. The maximum absolute atomic E-state index is 9.49. The molecule has 106 valence electrons. The van der Waals surface area contributed by atoms with E-state index < -0.39 is 0 Å². The SMILES string of the molecule is CCC1CCCN(c2nc(C3CC3)c(CO)s2)CC1. The summed E-state index contributed by atoms with van der Waals surface area (Å²) in [6.45, 7) is 4.74. The Kier molecular flexibility index (Phi) is 4.08. The van der Waals surface area contributed by atoms with E-state index in [1.807, 2.05) is 0 Å². The van der Waals surface area contributed by atoms with Crippen molar-refractivity contribution in [1.82, 2.24) is 4.98 Å². The highest BCUT2D eigenvalue weighted by Crippen LogP contribution is 2.44. The van der Waals surface area contributed by atoms with Crippen LogP contribution in [-0.4, -0.2) is 23.2 Å². The van der Waals surface area contributed by atoms with E-state index in [-0.39, 0.29) is 6.61 Å². The summed E-state index contributed by atoms with van der Waals surface area (Å²) in [7, 11) is 0. The number of rotatable bonds is 4. The molecule has 0 bridgehead atoms. The van der Waals surface area contributed by atoms with Crippen molar-refractivity contribution in [2.75, 3.05) is 18.0 Å². The van der Waals surface area contributed by atoms with Gasteiger partial charge < -0.3 is 10.0 Å². The fourth-order valence-corrected chi connectivity index (χ4v) is 4.10. The first kappa shape index (κ1) is 13.4. The minimum Gasteiger partial charge on any atom is -0.391 e. The molecule has 3 nitrogen and oxygen atoms in total. The van der Waals surface area contributed by atoms with E-state index in [2.05, 4.69) is 11.8 Å². The monoisotopic (exact) mass is 280 g/mol. The molecule has 1 aromatic heterocycles. The lowest BCUT2D eigenvalue weighted by atomic mass is 9.98. The fraction of sp³-hybridized carbons (Fsp3) is 0.800. The number of aliphatic hydroxyl groups is 1. The Hall–Kier alpha value is -0.610. The largest absolute Gasteiger partial charge is 0.391 e. The van der Waals surface area contributed by atoms with Crippen LogP contribution in [0.15, 0.2) is 0 Å². The zero-order chi connectivity index (χ0) is 13.2. The van der Waals surface area contributed by atoms with Crippen LogP contribution in [0.25, 0.3) is 0 Å². The fourth-order valence-electron chi connectivity index (χ4n) is 3.04. The lowest BCUT2D eigenvalue weighted by Crippen LogP contribution is -2.24. The predicted molar refractivity (Wildman–Crippen MR) is 79.9 cm³/mol. The summed E-state index contributed by atoms with van der Waals surface area (Å²) < 4.78 is 0. The third kappa shape index (κ3) is 2.95. The Morgan fingerprint density at radius 1 is 1.26 bits per heavy atom. The van der Waals surface area contributed by atoms with Gasteiger partial charge in [-0.15, -0.1) is 0 Å². The molecule has 2 heterocycles. The summed E-state index contributed by atoms with van der Waals surface area (Å²) >= 11 is 1.72. The number of aromatic nitrogens is 1. The van der Waals surface area contributed by atoms with E-state index in [1.54, 1.807) is 11.3 Å². The van der Waals surface area contributed by atoms with E-state index in [1.165, 1.54) is 44.2 Å². The van der Waals surface area contributed by atoms with E-state index in [9.17, 15) is 5.11 Å². The molecule has 0 aromatic carbocycles. The summed E-state index contributed by atoms with van der Waals surface area (Å²) in [5.41, 5.74) is 1.19. The van der Waals surface area contributed by atoms with Crippen LogP contribution in [0.4, 0.5) is 5.13 Å². The highest BCUT2D eigenvalue weighted by Gasteiger charge is 2.30. The average Bonchev–Trinajstić information content (AvgIpc) is 3.23. The van der Waals surface area contributed by atoms with Crippen LogP contribution < -0.4 is 4.90 Å². The molecular formula is C15H24N2OS. The quantitative estimate of drug-likeness (QED) is 0.916. The van der Waals surface area contributed by atoms with Crippen molar-refractivity contribution in [2.45, 2.75) is 58.0 Å². The maximum Gasteiger partial charge on any atom is 0.185 e. The van der Waals surface area contributed by atoms with Crippen LogP contribution in [0.3, 0.4) is 0 Å². The molecule has 1 aliphatic heterocycles. The van der Waals surface area contributed by atoms with Crippen molar-refractivity contribution in [2.24, 2.45) is 5.92 Å². The molecule has 2 aliphatic rings. The summed E-state index contributed by atoms with van der Waals surface area (Å²) in [5.74, 6) is 1.53. The first-order valence-electron chi connectivity index (χ1n) is 7.67. The first-order chi connectivity index (χ1) is 9.31. The number of hydrogen-bond donors (Lipinski definition) is 1. The van der Waals surface area contributed by atoms with Gasteiger partial charge in [-0.2, -0.15) is 0 Å². The van der Waals surface area contributed by atoms with Gasteiger partial charge >= 0.3 is 0 Å². The number of nitrogens with zero attached hydrogens (tertiary/aromatic N) is 2. The number of aliphatic hydroxyl groups excluding tert-OH is 1. The second kappa shape index (κ2) is 5.80. The van der Waals surface area contributed by atoms with Gasteiger partial charge in [-0.25, -0.2) is 4.98 Å². The number of hydrogen-bond acceptors (Lipinski definition) is 4. The normalized spacial score (nSPS) is 24.5. The predicted octanol–water partition coefficient (Wildman–Crippen LogP) is 3.53. The molecule has 1 aliphatic carbocycles. The highest BCUT2D eigenvalue weighted by atomic mass is 32.1. The Balaban J connectivity index is 1.74. The molecule has 1 N–H and O–H groups in total. The van der Waals surface area contributed by atoms with Crippen LogP contribution >= 0.6 is 11.3 Å². The summed E-state index contributed by atoms with van der Waals surface area (Å²) in [5, 5.41) is 10.6. The average molecular weight is 280 g/mol. The van der Waals surface area contributed by atoms with Gasteiger partial charge in [-0.3, -0.25) is 0 Å². The number of anilines is 1. The van der Waals surface area contributed by atoms with Gasteiger partial charge in [0, 0.05) is 19.0 Å². The lowest BCUT2D eigenvalue weighted by Gasteiger charge is -2.19. The van der Waals surface area contributed by atoms with E-state index in [0.717, 1.165) is 29.0 Å². The molecule has 0 radical (unpaired) electrons. The smallest absolute Gasteiger partial charge is 0.185 e. The van der Waals surface area contributed by atoms with Crippen LogP contribution in [0.5, 0.6) is 0 Å². The van der Waals surface area contributed by atoms with Gasteiger partial charge in [0.1, 0.15) is 0 Å². The van der Waals surface area contributed by atoms with Gasteiger partial charge in [-0.1, -0.05) is 24.7 Å². The molecule has 1 saturated carbocycles. The van der Waals surface area contributed by atoms with Gasteiger partial charge in [0.25, 0.3) is 0 Å². The summed E-state index contributed by atoms with van der Waals surface area (Å²) in [6, 6.07) is 0. The molecule has 2 fully saturated rings. The lowest BCUT2D eigenvalue weighted by molar-refractivity contribution is 0.284. The molecule has 1 atom stereocenters. The van der Waals surface area contributed by atoms with Gasteiger partial charge in [0.2, 0.25) is 0 Å². The van der Waals surface area contributed by atoms with Crippen molar-refractivity contribution in [3.8, 4) is 0 Å². The Labute approximate surface area is 119 Å². The Bertz CT molecular complexity index is 428. The number of thiazole rings is 1. The second-order valence-corrected chi connectivity index (χ2v) is 6.99. The Morgan fingerprint density at radius 3 is 2.79 bits per heavy atom. The zero-order valence-electron chi connectivity index (χ0n) is 11.8. The topological polar surface area (TPSA) is 36.4 Å². The van der Waals surface area contributed by atoms with Crippen molar-refractivity contribution in [1.29, 1.82) is 0 Å². The molecular weight excluding hydrogens is 256 g/mol. The van der Waals surface area contributed by atoms with Crippen molar-refractivity contribution in [3.05, 3.63) is 10.6 Å². The molecule has 19 heavy (non-hydrogen) atoms. The van der Waals surface area contributed by atoms with Gasteiger partial charge in [-0.05, 0) is 38.0 Å². The maximum atomic E-state index is 9.49. The Morgan fingerprint density at radius 2 is 2.11 bits per heavy atom. The molecule has 1 aromatic rings.